The minimum atomic E-state index is -1.04. The van der Waals surface area contributed by atoms with E-state index >= 15 is 0 Å². The van der Waals surface area contributed by atoms with Crippen molar-refractivity contribution in [3.8, 4) is 0 Å². The maximum absolute atomic E-state index is 11.2. The highest BCUT2D eigenvalue weighted by molar-refractivity contribution is 5.80. The van der Waals surface area contributed by atoms with Gasteiger partial charge in [0.25, 0.3) is 0 Å². The number of carboxylic acid groups (broad SMARTS) is 1. The fourth-order valence-corrected chi connectivity index (χ4v) is 2.23. The predicted octanol–water partition coefficient (Wildman–Crippen LogP) is 0.00660. The normalized spacial score (nSPS) is 22.7. The van der Waals surface area contributed by atoms with Crippen molar-refractivity contribution in [2.24, 2.45) is 7.05 Å². The van der Waals surface area contributed by atoms with Crippen LogP contribution < -0.4 is 4.90 Å². The fraction of sp³-hybridized carbons (Fsp3) is 0.600. The highest BCUT2D eigenvalue weighted by atomic mass is 16.6. The van der Waals surface area contributed by atoms with E-state index in [1.165, 1.54) is 22.9 Å². The Labute approximate surface area is 108 Å². The molecule has 0 saturated carbocycles. The SMILES string of the molecule is COC1CC(C(=O)O)N(c2nn(C)cc2[N+](=O)[O-])C1. The lowest BCUT2D eigenvalue weighted by Crippen LogP contribution is -2.36. The van der Waals surface area contributed by atoms with Crippen LogP contribution in [0.15, 0.2) is 6.20 Å². The smallest absolute Gasteiger partial charge is 0.330 e. The van der Waals surface area contributed by atoms with Gasteiger partial charge < -0.3 is 14.7 Å². The highest BCUT2D eigenvalue weighted by Gasteiger charge is 2.41. The van der Waals surface area contributed by atoms with Crippen LogP contribution in [0.3, 0.4) is 0 Å². The number of nitrogens with zero attached hydrogens (tertiary/aromatic N) is 4. The Morgan fingerprint density at radius 1 is 1.68 bits per heavy atom. The zero-order chi connectivity index (χ0) is 14.2. The summed E-state index contributed by atoms with van der Waals surface area (Å²) in [6, 6.07) is -0.862. The molecule has 9 nitrogen and oxygen atoms in total. The molecule has 104 valence electrons. The molecule has 1 aromatic rings. The van der Waals surface area contributed by atoms with Crippen LogP contribution in [0.2, 0.25) is 0 Å². The van der Waals surface area contributed by atoms with Gasteiger partial charge in [0.1, 0.15) is 12.2 Å². The second-order valence-electron chi connectivity index (χ2n) is 4.37. The summed E-state index contributed by atoms with van der Waals surface area (Å²) in [5.41, 5.74) is -0.203. The molecule has 1 aromatic heterocycles. The molecule has 1 aliphatic rings. The van der Waals surface area contributed by atoms with Crippen molar-refractivity contribution >= 4 is 17.5 Å². The number of aromatic nitrogens is 2. The largest absolute Gasteiger partial charge is 0.480 e. The van der Waals surface area contributed by atoms with Gasteiger partial charge >= 0.3 is 11.7 Å². The number of hydrogen-bond acceptors (Lipinski definition) is 6. The Kier molecular flexibility index (Phi) is 3.38. The lowest BCUT2D eigenvalue weighted by Gasteiger charge is -2.19. The van der Waals surface area contributed by atoms with Gasteiger partial charge in [-0.15, -0.1) is 5.10 Å². The highest BCUT2D eigenvalue weighted by Crippen LogP contribution is 2.32. The summed E-state index contributed by atoms with van der Waals surface area (Å²) in [7, 11) is 3.04. The Morgan fingerprint density at radius 2 is 2.37 bits per heavy atom. The molecule has 2 unspecified atom stereocenters. The molecule has 19 heavy (non-hydrogen) atoms. The minimum absolute atomic E-state index is 0.0689. The predicted molar refractivity (Wildman–Crippen MR) is 64.0 cm³/mol. The molecular weight excluding hydrogens is 256 g/mol. The Bertz CT molecular complexity index is 514. The van der Waals surface area contributed by atoms with Gasteiger partial charge in [-0.3, -0.25) is 14.8 Å². The first-order valence-corrected chi connectivity index (χ1v) is 5.64. The van der Waals surface area contributed by atoms with Gasteiger partial charge in [0, 0.05) is 27.1 Å². The van der Waals surface area contributed by atoms with Crippen LogP contribution in [0.4, 0.5) is 11.5 Å². The fourth-order valence-electron chi connectivity index (χ4n) is 2.23. The second-order valence-corrected chi connectivity index (χ2v) is 4.37. The molecule has 0 aromatic carbocycles. The molecule has 0 radical (unpaired) electrons. The third kappa shape index (κ3) is 2.36. The van der Waals surface area contributed by atoms with E-state index in [-0.39, 0.29) is 30.6 Å². The van der Waals surface area contributed by atoms with Crippen molar-refractivity contribution in [1.82, 2.24) is 9.78 Å². The summed E-state index contributed by atoms with van der Waals surface area (Å²) in [6.45, 7) is 0.269. The number of rotatable bonds is 4. The average molecular weight is 270 g/mol. The van der Waals surface area contributed by atoms with Crippen molar-refractivity contribution in [3.05, 3.63) is 16.3 Å². The second kappa shape index (κ2) is 4.84. The zero-order valence-corrected chi connectivity index (χ0v) is 10.5. The van der Waals surface area contributed by atoms with Gasteiger partial charge in [0.2, 0.25) is 5.82 Å². The molecule has 0 spiro atoms. The van der Waals surface area contributed by atoms with Crippen LogP contribution in [-0.2, 0) is 16.6 Å². The number of aryl methyl sites for hydroxylation is 1. The summed E-state index contributed by atoms with van der Waals surface area (Å²) in [5, 5.41) is 24.2. The van der Waals surface area contributed by atoms with E-state index < -0.39 is 16.9 Å². The van der Waals surface area contributed by atoms with Crippen LogP contribution in [0, 0.1) is 10.1 Å². The molecule has 9 heteroatoms. The molecule has 2 atom stereocenters. The van der Waals surface area contributed by atoms with Gasteiger partial charge in [-0.05, 0) is 0 Å². The van der Waals surface area contributed by atoms with Gasteiger partial charge in [-0.25, -0.2) is 4.79 Å². The molecule has 1 aliphatic heterocycles. The zero-order valence-electron chi connectivity index (χ0n) is 10.5. The van der Waals surface area contributed by atoms with Gasteiger partial charge in [-0.1, -0.05) is 0 Å². The molecule has 1 N–H and O–H groups in total. The molecule has 2 rings (SSSR count). The number of methoxy groups -OCH3 is 1. The average Bonchev–Trinajstić information content (AvgIpc) is 2.91. The topological polar surface area (TPSA) is 111 Å². The van der Waals surface area contributed by atoms with E-state index in [0.29, 0.717) is 0 Å². The first-order chi connectivity index (χ1) is 8.93. The summed E-state index contributed by atoms with van der Waals surface area (Å²) in [5.74, 6) is -0.973. The van der Waals surface area contributed by atoms with Crippen LogP contribution >= 0.6 is 0 Å². The molecular formula is C10H14N4O5. The standard InChI is InChI=1S/C10H14N4O5/c1-12-5-8(14(17)18)9(11-12)13-4-6(19-2)3-7(13)10(15)16/h5-7H,3-4H2,1-2H3,(H,15,16). The first kappa shape index (κ1) is 13.3. The number of hydrogen-bond donors (Lipinski definition) is 1. The maximum atomic E-state index is 11.2. The summed E-state index contributed by atoms with van der Waals surface area (Å²) in [6.07, 6.45) is 1.26. The van der Waals surface area contributed by atoms with E-state index in [2.05, 4.69) is 5.10 Å². The van der Waals surface area contributed by atoms with Gasteiger partial charge in [0.05, 0.1) is 11.0 Å². The van der Waals surface area contributed by atoms with Gasteiger partial charge in [-0.2, -0.15) is 0 Å². The summed E-state index contributed by atoms with van der Waals surface area (Å²) < 4.78 is 6.44. The molecule has 1 fully saturated rings. The van der Waals surface area contributed by atoms with Gasteiger partial charge in [0.15, 0.2) is 0 Å². The van der Waals surface area contributed by atoms with Crippen molar-refractivity contribution < 1.29 is 19.6 Å². The van der Waals surface area contributed by atoms with E-state index in [9.17, 15) is 20.0 Å². The van der Waals surface area contributed by atoms with Crippen LogP contribution in [0.25, 0.3) is 0 Å². The third-order valence-corrected chi connectivity index (χ3v) is 3.14. The van der Waals surface area contributed by atoms with Crippen molar-refractivity contribution in [3.63, 3.8) is 0 Å². The number of carbonyl (C=O) groups is 1. The number of carboxylic acids is 1. The molecule has 2 heterocycles. The first-order valence-electron chi connectivity index (χ1n) is 5.64. The molecule has 0 amide bonds. The molecule has 0 aliphatic carbocycles. The Hall–Kier alpha value is -2.16. The third-order valence-electron chi connectivity index (χ3n) is 3.14. The van der Waals surface area contributed by atoms with Crippen molar-refractivity contribution in [1.29, 1.82) is 0 Å². The summed E-state index contributed by atoms with van der Waals surface area (Å²) in [4.78, 5) is 23.0. The van der Waals surface area contributed by atoms with Crippen LogP contribution in [0.5, 0.6) is 0 Å². The van der Waals surface area contributed by atoms with Crippen molar-refractivity contribution in [2.75, 3.05) is 18.6 Å². The van der Waals surface area contributed by atoms with E-state index in [1.54, 1.807) is 7.05 Å². The summed E-state index contributed by atoms with van der Waals surface area (Å²) >= 11 is 0. The van der Waals surface area contributed by atoms with E-state index in [4.69, 9.17) is 4.74 Å². The Morgan fingerprint density at radius 3 is 2.89 bits per heavy atom. The Balaban J connectivity index is 2.39. The number of aliphatic carboxylic acids is 1. The quantitative estimate of drug-likeness (QED) is 0.605. The number of ether oxygens (including phenoxy) is 1. The monoisotopic (exact) mass is 270 g/mol. The maximum Gasteiger partial charge on any atom is 0.330 e. The lowest BCUT2D eigenvalue weighted by atomic mass is 10.2. The number of anilines is 1. The minimum Gasteiger partial charge on any atom is -0.480 e. The molecule has 1 saturated heterocycles. The molecule has 0 bridgehead atoms. The van der Waals surface area contributed by atoms with E-state index in [1.807, 2.05) is 0 Å². The van der Waals surface area contributed by atoms with Crippen LogP contribution in [-0.4, -0.2) is 51.6 Å². The van der Waals surface area contributed by atoms with Crippen molar-refractivity contribution in [2.45, 2.75) is 18.6 Å². The van der Waals surface area contributed by atoms with E-state index in [0.717, 1.165) is 0 Å². The lowest BCUT2D eigenvalue weighted by molar-refractivity contribution is -0.384. The van der Waals surface area contributed by atoms with Crippen LogP contribution in [0.1, 0.15) is 6.42 Å². The number of nitro groups is 1.